The Labute approximate surface area is 91.9 Å². The molecule has 2 unspecified atom stereocenters. The number of ether oxygens (including phenoxy) is 1. The summed E-state index contributed by atoms with van der Waals surface area (Å²) in [5.74, 6) is 4.85. The van der Waals surface area contributed by atoms with Crippen LogP contribution in [0.3, 0.4) is 0 Å². The van der Waals surface area contributed by atoms with Gasteiger partial charge in [0.2, 0.25) is 5.91 Å². The first kappa shape index (κ1) is 14.3. The number of hydrazine groups is 1. The molecule has 0 rings (SSSR count). The molecule has 5 nitrogen and oxygen atoms in total. The predicted molar refractivity (Wildman–Crippen MR) is 60.1 cm³/mol. The van der Waals surface area contributed by atoms with Gasteiger partial charge in [-0.05, 0) is 13.5 Å². The number of hydrogen-bond donors (Lipinski definition) is 2. The monoisotopic (exact) mass is 217 g/mol. The van der Waals surface area contributed by atoms with Crippen molar-refractivity contribution in [3.63, 3.8) is 0 Å². The molecule has 1 amide bonds. The van der Waals surface area contributed by atoms with Gasteiger partial charge in [-0.25, -0.2) is 5.84 Å². The fourth-order valence-electron chi connectivity index (χ4n) is 1.54. The minimum absolute atomic E-state index is 0.103. The summed E-state index contributed by atoms with van der Waals surface area (Å²) in [5.41, 5.74) is 2.17. The summed E-state index contributed by atoms with van der Waals surface area (Å²) < 4.78 is 5.09. The van der Waals surface area contributed by atoms with Crippen molar-refractivity contribution in [2.75, 3.05) is 26.8 Å². The number of nitrogens with one attached hydrogen (secondary N) is 1. The maximum absolute atomic E-state index is 11.2. The van der Waals surface area contributed by atoms with Crippen molar-refractivity contribution in [2.24, 2.45) is 11.8 Å². The summed E-state index contributed by atoms with van der Waals surface area (Å²) in [6, 6.07) is 0.313. The van der Waals surface area contributed by atoms with E-state index in [-0.39, 0.29) is 11.8 Å². The van der Waals surface area contributed by atoms with Crippen molar-refractivity contribution in [3.8, 4) is 0 Å². The van der Waals surface area contributed by atoms with E-state index in [1.807, 2.05) is 6.92 Å². The first-order valence-corrected chi connectivity index (χ1v) is 5.30. The molecule has 0 heterocycles. The number of carbonyl (C=O) groups is 1. The predicted octanol–water partition coefficient (Wildman–Crippen LogP) is -0.0308. The molecular weight excluding hydrogens is 194 g/mol. The molecule has 0 bridgehead atoms. The Morgan fingerprint density at radius 2 is 2.13 bits per heavy atom. The van der Waals surface area contributed by atoms with E-state index in [9.17, 15) is 4.79 Å². The Morgan fingerprint density at radius 1 is 1.53 bits per heavy atom. The van der Waals surface area contributed by atoms with Gasteiger partial charge in [0.05, 0.1) is 6.61 Å². The summed E-state index contributed by atoms with van der Waals surface area (Å²) >= 11 is 0. The van der Waals surface area contributed by atoms with Gasteiger partial charge in [-0.2, -0.15) is 0 Å². The molecule has 2 atom stereocenters. The van der Waals surface area contributed by atoms with Gasteiger partial charge in [0.15, 0.2) is 0 Å². The number of nitrogens with two attached hydrogens (primary N) is 1. The van der Waals surface area contributed by atoms with Crippen LogP contribution in [0.25, 0.3) is 0 Å². The number of hydrogen-bond acceptors (Lipinski definition) is 4. The van der Waals surface area contributed by atoms with Crippen LogP contribution in [0.1, 0.15) is 20.8 Å². The molecule has 15 heavy (non-hydrogen) atoms. The smallest absolute Gasteiger partial charge is 0.237 e. The van der Waals surface area contributed by atoms with E-state index in [0.717, 1.165) is 6.54 Å². The van der Waals surface area contributed by atoms with Crippen molar-refractivity contribution in [1.82, 2.24) is 10.3 Å². The molecule has 0 aliphatic rings. The van der Waals surface area contributed by atoms with Gasteiger partial charge in [-0.1, -0.05) is 13.8 Å². The van der Waals surface area contributed by atoms with Crippen LogP contribution < -0.4 is 11.3 Å². The summed E-state index contributed by atoms with van der Waals surface area (Å²) in [6.45, 7) is 8.28. The second kappa shape index (κ2) is 7.62. The zero-order chi connectivity index (χ0) is 11.8. The lowest BCUT2D eigenvalue weighted by atomic mass is 10.1. The topological polar surface area (TPSA) is 67.6 Å². The SMILES string of the molecule is CCN(CC(C)C(=O)NN)C(C)COC. The van der Waals surface area contributed by atoms with Gasteiger partial charge >= 0.3 is 0 Å². The van der Waals surface area contributed by atoms with Crippen molar-refractivity contribution < 1.29 is 9.53 Å². The third-order valence-electron chi connectivity index (χ3n) is 2.54. The van der Waals surface area contributed by atoms with Crippen LogP contribution in [0, 0.1) is 5.92 Å². The average molecular weight is 217 g/mol. The summed E-state index contributed by atoms with van der Waals surface area (Å²) in [7, 11) is 1.68. The van der Waals surface area contributed by atoms with Crippen LogP contribution in [0.2, 0.25) is 0 Å². The van der Waals surface area contributed by atoms with Crippen molar-refractivity contribution >= 4 is 5.91 Å². The molecule has 0 saturated carbocycles. The first-order valence-electron chi connectivity index (χ1n) is 5.30. The number of nitrogens with zero attached hydrogens (tertiary/aromatic N) is 1. The van der Waals surface area contributed by atoms with E-state index in [1.54, 1.807) is 7.11 Å². The molecule has 0 aromatic heterocycles. The van der Waals surface area contributed by atoms with Crippen molar-refractivity contribution in [2.45, 2.75) is 26.8 Å². The molecule has 5 heteroatoms. The highest BCUT2D eigenvalue weighted by molar-refractivity contribution is 5.77. The average Bonchev–Trinajstić information content (AvgIpc) is 2.24. The maximum Gasteiger partial charge on any atom is 0.237 e. The third-order valence-corrected chi connectivity index (χ3v) is 2.54. The fourth-order valence-corrected chi connectivity index (χ4v) is 1.54. The normalized spacial score (nSPS) is 15.1. The Balaban J connectivity index is 4.13. The Morgan fingerprint density at radius 3 is 2.53 bits per heavy atom. The highest BCUT2D eigenvalue weighted by Gasteiger charge is 2.18. The zero-order valence-corrected chi connectivity index (χ0v) is 10.1. The molecule has 0 aliphatic carbocycles. The van der Waals surface area contributed by atoms with E-state index in [2.05, 4.69) is 24.2 Å². The molecule has 0 spiro atoms. The maximum atomic E-state index is 11.2. The first-order chi connectivity index (χ1) is 7.06. The molecule has 0 saturated heterocycles. The van der Waals surface area contributed by atoms with Crippen LogP contribution >= 0.6 is 0 Å². The standard InChI is InChI=1S/C10H23N3O2/c1-5-13(9(3)7-15-4)6-8(2)10(14)12-11/h8-9H,5-7,11H2,1-4H3,(H,12,14). The number of likely N-dealkylation sites (N-methyl/N-ethyl adjacent to an activating group) is 1. The lowest BCUT2D eigenvalue weighted by Crippen LogP contribution is -2.44. The second-order valence-corrected chi connectivity index (χ2v) is 3.80. The number of amides is 1. The van der Waals surface area contributed by atoms with Crippen molar-refractivity contribution in [3.05, 3.63) is 0 Å². The molecule has 3 N–H and O–H groups in total. The van der Waals surface area contributed by atoms with Gasteiger partial charge in [0.1, 0.15) is 0 Å². The van der Waals surface area contributed by atoms with Gasteiger partial charge < -0.3 is 4.74 Å². The van der Waals surface area contributed by atoms with Crippen LogP contribution in [0.4, 0.5) is 0 Å². The Hall–Kier alpha value is -0.650. The molecule has 0 radical (unpaired) electrons. The molecule has 0 aromatic carbocycles. The van der Waals surface area contributed by atoms with Crippen LogP contribution in [0.15, 0.2) is 0 Å². The van der Waals surface area contributed by atoms with Gasteiger partial charge in [-0.3, -0.25) is 15.1 Å². The molecular formula is C10H23N3O2. The molecule has 90 valence electrons. The lowest BCUT2D eigenvalue weighted by molar-refractivity contribution is -0.125. The molecule has 0 aromatic rings. The highest BCUT2D eigenvalue weighted by atomic mass is 16.5. The summed E-state index contributed by atoms with van der Waals surface area (Å²) in [6.07, 6.45) is 0. The van der Waals surface area contributed by atoms with E-state index in [1.165, 1.54) is 0 Å². The number of carbonyl (C=O) groups excluding carboxylic acids is 1. The zero-order valence-electron chi connectivity index (χ0n) is 10.1. The third kappa shape index (κ3) is 5.11. The van der Waals surface area contributed by atoms with E-state index < -0.39 is 0 Å². The fraction of sp³-hybridized carbons (Fsp3) is 0.900. The minimum Gasteiger partial charge on any atom is -0.383 e. The van der Waals surface area contributed by atoms with Crippen LogP contribution in [0.5, 0.6) is 0 Å². The molecule has 0 aliphatic heterocycles. The van der Waals surface area contributed by atoms with E-state index in [0.29, 0.717) is 19.2 Å². The largest absolute Gasteiger partial charge is 0.383 e. The van der Waals surface area contributed by atoms with Gasteiger partial charge in [0.25, 0.3) is 0 Å². The second-order valence-electron chi connectivity index (χ2n) is 3.80. The van der Waals surface area contributed by atoms with Crippen LogP contribution in [-0.4, -0.2) is 43.7 Å². The van der Waals surface area contributed by atoms with Gasteiger partial charge in [0, 0.05) is 25.6 Å². The summed E-state index contributed by atoms with van der Waals surface area (Å²) in [4.78, 5) is 13.4. The minimum atomic E-state index is -0.127. The molecule has 0 fully saturated rings. The lowest BCUT2D eigenvalue weighted by Gasteiger charge is -2.29. The van der Waals surface area contributed by atoms with Crippen LogP contribution in [-0.2, 0) is 9.53 Å². The Kier molecular flexibility index (Phi) is 7.29. The number of rotatable bonds is 7. The van der Waals surface area contributed by atoms with E-state index in [4.69, 9.17) is 10.6 Å². The Bertz CT molecular complexity index is 188. The van der Waals surface area contributed by atoms with E-state index >= 15 is 0 Å². The van der Waals surface area contributed by atoms with Crippen molar-refractivity contribution in [1.29, 1.82) is 0 Å². The quantitative estimate of drug-likeness (QED) is 0.357. The number of methoxy groups -OCH3 is 1. The summed E-state index contributed by atoms with van der Waals surface area (Å²) in [5, 5.41) is 0. The van der Waals surface area contributed by atoms with Gasteiger partial charge in [-0.15, -0.1) is 0 Å². The highest BCUT2D eigenvalue weighted by Crippen LogP contribution is 2.05.